The molecule has 4 nitrogen and oxygen atoms in total. The minimum atomic E-state index is 0. The summed E-state index contributed by atoms with van der Waals surface area (Å²) in [6.45, 7) is 6.24. The molecule has 4 heterocycles. The first-order chi connectivity index (χ1) is 24.5. The summed E-state index contributed by atoms with van der Waals surface area (Å²) in [6.07, 6.45) is 7.47. The largest absolute Gasteiger partial charge is 0.500 e. The zero-order chi connectivity index (χ0) is 34.0. The number of aryl methyl sites for hydroxylation is 3. The van der Waals surface area contributed by atoms with Gasteiger partial charge in [-0.25, -0.2) is 0 Å². The molecule has 4 aromatic heterocycles. The van der Waals surface area contributed by atoms with E-state index >= 15 is 0 Å². The van der Waals surface area contributed by atoms with Gasteiger partial charge in [-0.15, -0.1) is 53.6 Å². The van der Waals surface area contributed by atoms with Crippen LogP contribution in [0.25, 0.3) is 77.5 Å². The fraction of sp³-hybridized carbons (Fsp3) is 0.0652. The Morgan fingerprint density at radius 1 is 0.588 bits per heavy atom. The third-order valence-electron chi connectivity index (χ3n) is 9.18. The molecule has 0 amide bonds. The molecule has 5 heteroatoms. The van der Waals surface area contributed by atoms with Crippen molar-refractivity contribution in [1.82, 2.24) is 15.0 Å². The third-order valence-corrected chi connectivity index (χ3v) is 9.18. The number of hydrogen-bond donors (Lipinski definition) is 0. The second-order valence-corrected chi connectivity index (χ2v) is 12.5. The maximum absolute atomic E-state index is 6.74. The summed E-state index contributed by atoms with van der Waals surface area (Å²) in [6, 6.07) is 48.0. The minimum absolute atomic E-state index is 0. The van der Waals surface area contributed by atoms with E-state index in [2.05, 4.69) is 127 Å². The SMILES string of the molecule is Cc1c[c-]c(-c2cc(C)c(C)cn2)cc1.[Ir].[c-]1ccc2c(oc3c(-c4cccc5ccncc45)ccc(-c4ccccc4)c32)c1-c1ccccn1. The van der Waals surface area contributed by atoms with Gasteiger partial charge in [-0.1, -0.05) is 96.2 Å². The molecule has 5 aromatic carbocycles. The van der Waals surface area contributed by atoms with Crippen LogP contribution in [0.15, 0.2) is 151 Å². The number of pyridine rings is 3. The average molecular weight is 836 g/mol. The Morgan fingerprint density at radius 3 is 2.22 bits per heavy atom. The zero-order valence-corrected chi connectivity index (χ0v) is 30.8. The first-order valence-electron chi connectivity index (χ1n) is 16.7. The van der Waals surface area contributed by atoms with Crippen LogP contribution in [0.2, 0.25) is 0 Å². The molecule has 0 unspecified atom stereocenters. The summed E-state index contributed by atoms with van der Waals surface area (Å²) in [5, 5.41) is 4.39. The Balaban J connectivity index is 0.000000214. The normalized spacial score (nSPS) is 10.9. The Bertz CT molecular complexity index is 2610. The molecular weight excluding hydrogens is 803 g/mol. The molecule has 0 saturated heterocycles. The number of furan rings is 1. The number of aromatic nitrogens is 3. The van der Waals surface area contributed by atoms with Gasteiger partial charge in [-0.2, -0.15) is 0 Å². The van der Waals surface area contributed by atoms with E-state index in [-0.39, 0.29) is 20.1 Å². The predicted molar refractivity (Wildman–Crippen MR) is 205 cm³/mol. The topological polar surface area (TPSA) is 51.8 Å². The Morgan fingerprint density at radius 2 is 1.43 bits per heavy atom. The van der Waals surface area contributed by atoms with Crippen LogP contribution in [0.4, 0.5) is 0 Å². The standard InChI is InChI=1S/C32H19N2O.C14H14N.Ir/c1-2-8-21(9-3-1)23-15-16-25(24-11-6-10-22-17-19-33-20-28(22)24)32-30(23)27-13-7-12-26(31(27)35-32)29-14-4-5-18-34-29;1-10-4-6-13(7-5-10)14-8-11(2)12(3)9-15-14;/h1-11,13-20H;4-6,8-9H,1-3H3;/q2*-1;. The van der Waals surface area contributed by atoms with Gasteiger partial charge in [0.2, 0.25) is 0 Å². The van der Waals surface area contributed by atoms with Gasteiger partial charge < -0.3 is 14.4 Å². The number of hydrogen-bond acceptors (Lipinski definition) is 4. The maximum atomic E-state index is 6.74. The number of fused-ring (bicyclic) bond motifs is 4. The van der Waals surface area contributed by atoms with Gasteiger partial charge in [-0.3, -0.25) is 4.98 Å². The van der Waals surface area contributed by atoms with E-state index in [4.69, 9.17) is 4.42 Å². The molecular formula is C46H33IrN3O-2. The minimum Gasteiger partial charge on any atom is -0.500 e. The quantitative estimate of drug-likeness (QED) is 0.166. The molecule has 9 aromatic rings. The van der Waals surface area contributed by atoms with Gasteiger partial charge in [0.05, 0.1) is 5.58 Å². The Kier molecular flexibility index (Phi) is 9.67. The van der Waals surface area contributed by atoms with Gasteiger partial charge in [0.1, 0.15) is 5.58 Å². The van der Waals surface area contributed by atoms with Crippen LogP contribution in [-0.4, -0.2) is 15.0 Å². The van der Waals surface area contributed by atoms with Gasteiger partial charge in [-0.05, 0) is 71.1 Å². The molecule has 51 heavy (non-hydrogen) atoms. The van der Waals surface area contributed by atoms with E-state index in [1.807, 2.05) is 61.1 Å². The molecule has 0 aliphatic carbocycles. The summed E-state index contributed by atoms with van der Waals surface area (Å²) in [5.41, 5.74) is 13.6. The summed E-state index contributed by atoms with van der Waals surface area (Å²) in [7, 11) is 0. The van der Waals surface area contributed by atoms with Gasteiger partial charge in [0.15, 0.2) is 0 Å². The number of nitrogens with zero attached hydrogens (tertiary/aromatic N) is 3. The van der Waals surface area contributed by atoms with Crippen molar-refractivity contribution in [3.63, 3.8) is 0 Å². The van der Waals surface area contributed by atoms with Crippen molar-refractivity contribution in [3.8, 4) is 44.8 Å². The maximum Gasteiger partial charge on any atom is 0.129 e. The molecule has 0 aliphatic heterocycles. The van der Waals surface area contributed by atoms with Gasteiger partial charge in [0.25, 0.3) is 0 Å². The van der Waals surface area contributed by atoms with Crippen molar-refractivity contribution in [2.45, 2.75) is 20.8 Å². The molecule has 0 bridgehead atoms. The van der Waals surface area contributed by atoms with E-state index in [1.165, 1.54) is 16.7 Å². The summed E-state index contributed by atoms with van der Waals surface area (Å²) in [4.78, 5) is 13.4. The molecule has 9 rings (SSSR count). The summed E-state index contributed by atoms with van der Waals surface area (Å²) in [5.74, 6) is 0. The predicted octanol–water partition coefficient (Wildman–Crippen LogP) is 11.8. The average Bonchev–Trinajstić information content (AvgIpc) is 3.57. The monoisotopic (exact) mass is 836 g/mol. The molecule has 0 saturated carbocycles. The van der Waals surface area contributed by atoms with E-state index in [0.29, 0.717) is 0 Å². The van der Waals surface area contributed by atoms with Crippen molar-refractivity contribution >= 4 is 32.7 Å². The first-order valence-corrected chi connectivity index (χ1v) is 16.7. The van der Waals surface area contributed by atoms with Gasteiger partial charge >= 0.3 is 0 Å². The van der Waals surface area contributed by atoms with E-state index in [1.54, 1.807) is 6.20 Å². The molecule has 0 spiro atoms. The fourth-order valence-corrected chi connectivity index (χ4v) is 6.40. The first kappa shape index (κ1) is 33.7. The zero-order valence-electron chi connectivity index (χ0n) is 28.4. The smallest absolute Gasteiger partial charge is 0.129 e. The fourth-order valence-electron chi connectivity index (χ4n) is 6.40. The second kappa shape index (κ2) is 14.6. The second-order valence-electron chi connectivity index (χ2n) is 12.5. The van der Waals surface area contributed by atoms with Crippen molar-refractivity contribution in [3.05, 3.63) is 175 Å². The van der Waals surface area contributed by atoms with Crippen LogP contribution in [-0.2, 0) is 20.1 Å². The third kappa shape index (κ3) is 6.62. The summed E-state index contributed by atoms with van der Waals surface area (Å²) >= 11 is 0. The van der Waals surface area contributed by atoms with Crippen LogP contribution < -0.4 is 0 Å². The Labute approximate surface area is 311 Å². The molecule has 0 N–H and O–H groups in total. The number of benzene rings is 5. The molecule has 1 radical (unpaired) electrons. The van der Waals surface area contributed by atoms with Crippen LogP contribution in [0.5, 0.6) is 0 Å². The van der Waals surface area contributed by atoms with Crippen molar-refractivity contribution < 1.29 is 24.5 Å². The molecule has 249 valence electrons. The van der Waals surface area contributed by atoms with Crippen LogP contribution in [0, 0.1) is 32.9 Å². The Hall–Kier alpha value is -5.74. The molecule has 0 aliphatic rings. The van der Waals surface area contributed by atoms with Crippen LogP contribution in [0.3, 0.4) is 0 Å². The van der Waals surface area contributed by atoms with Gasteiger partial charge in [0, 0.05) is 61.2 Å². The van der Waals surface area contributed by atoms with E-state index < -0.39 is 0 Å². The van der Waals surface area contributed by atoms with Crippen LogP contribution in [0.1, 0.15) is 16.7 Å². The van der Waals surface area contributed by atoms with Crippen molar-refractivity contribution in [2.75, 3.05) is 0 Å². The summed E-state index contributed by atoms with van der Waals surface area (Å²) < 4.78 is 6.74. The molecule has 0 fully saturated rings. The number of rotatable bonds is 4. The van der Waals surface area contributed by atoms with E-state index in [0.717, 1.165) is 77.5 Å². The van der Waals surface area contributed by atoms with Crippen molar-refractivity contribution in [1.29, 1.82) is 0 Å². The van der Waals surface area contributed by atoms with Crippen molar-refractivity contribution in [2.24, 2.45) is 0 Å². The molecule has 0 atom stereocenters. The van der Waals surface area contributed by atoms with Crippen LogP contribution >= 0.6 is 0 Å². The van der Waals surface area contributed by atoms with E-state index in [9.17, 15) is 0 Å².